The van der Waals surface area contributed by atoms with Gasteiger partial charge in [-0.05, 0) is 24.0 Å². The van der Waals surface area contributed by atoms with Gasteiger partial charge < -0.3 is 5.73 Å². The third-order valence-electron chi connectivity index (χ3n) is 3.65. The molecular formula is C16H22N2. The summed E-state index contributed by atoms with van der Waals surface area (Å²) in [6.07, 6.45) is 6.01. The second-order valence-electron chi connectivity index (χ2n) is 4.88. The van der Waals surface area contributed by atoms with Gasteiger partial charge in [-0.1, -0.05) is 36.4 Å². The minimum atomic E-state index is 0.194. The smallest absolute Gasteiger partial charge is 0.0508 e. The van der Waals surface area contributed by atoms with E-state index in [1.165, 1.54) is 11.1 Å². The lowest BCUT2D eigenvalue weighted by molar-refractivity contribution is 0.196. The molecule has 0 aliphatic heterocycles. The van der Waals surface area contributed by atoms with Crippen molar-refractivity contribution in [1.82, 2.24) is 4.90 Å². The van der Waals surface area contributed by atoms with E-state index in [0.717, 1.165) is 25.9 Å². The van der Waals surface area contributed by atoms with Crippen LogP contribution in [0, 0.1) is 0 Å². The highest BCUT2D eigenvalue weighted by molar-refractivity contribution is 5.34. The van der Waals surface area contributed by atoms with Crippen molar-refractivity contribution in [2.75, 3.05) is 13.1 Å². The highest BCUT2D eigenvalue weighted by Gasteiger charge is 2.30. The summed E-state index contributed by atoms with van der Waals surface area (Å²) in [4.78, 5) is 2.35. The molecule has 2 atom stereocenters. The van der Waals surface area contributed by atoms with Crippen LogP contribution in [0.15, 0.2) is 49.6 Å². The van der Waals surface area contributed by atoms with Gasteiger partial charge in [-0.15, -0.1) is 13.2 Å². The van der Waals surface area contributed by atoms with E-state index in [1.54, 1.807) is 0 Å². The number of hydrogen-bond acceptors (Lipinski definition) is 2. The zero-order valence-corrected chi connectivity index (χ0v) is 10.9. The third-order valence-corrected chi connectivity index (χ3v) is 3.65. The van der Waals surface area contributed by atoms with Gasteiger partial charge in [0.25, 0.3) is 0 Å². The van der Waals surface area contributed by atoms with Gasteiger partial charge in [0.1, 0.15) is 0 Å². The topological polar surface area (TPSA) is 29.3 Å². The summed E-state index contributed by atoms with van der Waals surface area (Å²) in [6.45, 7) is 9.38. The van der Waals surface area contributed by atoms with Crippen molar-refractivity contribution in [3.63, 3.8) is 0 Å². The van der Waals surface area contributed by atoms with Crippen LogP contribution < -0.4 is 5.73 Å². The van der Waals surface area contributed by atoms with E-state index >= 15 is 0 Å². The van der Waals surface area contributed by atoms with E-state index < -0.39 is 0 Å². The molecule has 0 aromatic heterocycles. The Morgan fingerprint density at radius 2 is 1.89 bits per heavy atom. The number of aryl methyl sites for hydroxylation is 1. The molecule has 18 heavy (non-hydrogen) atoms. The van der Waals surface area contributed by atoms with Crippen molar-refractivity contribution < 1.29 is 0 Å². The maximum Gasteiger partial charge on any atom is 0.0508 e. The molecule has 0 spiro atoms. The van der Waals surface area contributed by atoms with Gasteiger partial charge in [0.15, 0.2) is 0 Å². The molecule has 1 aromatic rings. The second-order valence-corrected chi connectivity index (χ2v) is 4.88. The first kappa shape index (κ1) is 13.1. The molecule has 2 nitrogen and oxygen atoms in total. The molecule has 0 radical (unpaired) electrons. The summed E-state index contributed by atoms with van der Waals surface area (Å²) in [5.41, 5.74) is 9.15. The van der Waals surface area contributed by atoms with Crippen LogP contribution in [0.1, 0.15) is 23.6 Å². The largest absolute Gasteiger partial charge is 0.326 e. The molecule has 1 aliphatic rings. The Morgan fingerprint density at radius 3 is 2.56 bits per heavy atom. The van der Waals surface area contributed by atoms with Crippen LogP contribution in [0.4, 0.5) is 0 Å². The third kappa shape index (κ3) is 2.55. The van der Waals surface area contributed by atoms with Crippen LogP contribution in [0.2, 0.25) is 0 Å². The number of rotatable bonds is 5. The highest BCUT2D eigenvalue weighted by atomic mass is 15.2. The van der Waals surface area contributed by atoms with Crippen LogP contribution in [-0.2, 0) is 6.42 Å². The van der Waals surface area contributed by atoms with Gasteiger partial charge >= 0.3 is 0 Å². The van der Waals surface area contributed by atoms with Crippen molar-refractivity contribution in [2.45, 2.75) is 24.9 Å². The molecule has 2 rings (SSSR count). The minimum absolute atomic E-state index is 0.194. The Morgan fingerprint density at radius 1 is 1.22 bits per heavy atom. The molecule has 2 unspecified atom stereocenters. The van der Waals surface area contributed by atoms with Gasteiger partial charge in [0, 0.05) is 19.1 Å². The zero-order chi connectivity index (χ0) is 13.0. The molecule has 0 heterocycles. The molecule has 2 heteroatoms. The van der Waals surface area contributed by atoms with E-state index in [4.69, 9.17) is 5.73 Å². The Balaban J connectivity index is 2.34. The predicted octanol–water partition coefficient (Wildman–Crippen LogP) is 2.68. The Bertz CT molecular complexity index is 415. The summed E-state index contributed by atoms with van der Waals surface area (Å²) in [6, 6.07) is 9.11. The van der Waals surface area contributed by atoms with Gasteiger partial charge in [-0.3, -0.25) is 4.90 Å². The van der Waals surface area contributed by atoms with Crippen LogP contribution in [0.25, 0.3) is 0 Å². The summed E-state index contributed by atoms with van der Waals surface area (Å²) in [7, 11) is 0. The fourth-order valence-corrected chi connectivity index (χ4v) is 2.86. The molecule has 1 aromatic carbocycles. The van der Waals surface area contributed by atoms with Gasteiger partial charge in [0.05, 0.1) is 6.04 Å². The van der Waals surface area contributed by atoms with Crippen LogP contribution in [-0.4, -0.2) is 24.0 Å². The van der Waals surface area contributed by atoms with Crippen LogP contribution in [0.3, 0.4) is 0 Å². The Labute approximate surface area is 110 Å². The number of nitrogens with zero attached hydrogens (tertiary/aromatic N) is 1. The fourth-order valence-electron chi connectivity index (χ4n) is 2.86. The highest BCUT2D eigenvalue weighted by Crippen LogP contribution is 2.33. The summed E-state index contributed by atoms with van der Waals surface area (Å²) in [5, 5.41) is 0. The first-order valence-electron chi connectivity index (χ1n) is 6.57. The predicted molar refractivity (Wildman–Crippen MR) is 77.4 cm³/mol. The van der Waals surface area contributed by atoms with E-state index in [1.807, 2.05) is 12.2 Å². The van der Waals surface area contributed by atoms with Gasteiger partial charge in [-0.2, -0.15) is 0 Å². The number of benzene rings is 1. The standard InChI is InChI=1S/C16H22N2/c1-3-11-18(12-4-2)16-14-8-6-5-7-13(14)9-10-15(16)17/h3-8,15-16H,1-2,9-12,17H2. The summed E-state index contributed by atoms with van der Waals surface area (Å²) < 4.78 is 0. The quantitative estimate of drug-likeness (QED) is 0.804. The van der Waals surface area contributed by atoms with Crippen molar-refractivity contribution in [1.29, 1.82) is 0 Å². The summed E-state index contributed by atoms with van der Waals surface area (Å²) >= 11 is 0. The molecule has 2 N–H and O–H groups in total. The molecule has 0 bridgehead atoms. The molecule has 0 fully saturated rings. The van der Waals surface area contributed by atoms with Gasteiger partial charge in [0.2, 0.25) is 0 Å². The lowest BCUT2D eigenvalue weighted by atomic mass is 9.83. The molecule has 1 aliphatic carbocycles. The van der Waals surface area contributed by atoms with E-state index in [0.29, 0.717) is 0 Å². The molecule has 0 saturated carbocycles. The lowest BCUT2D eigenvalue weighted by Gasteiger charge is -2.39. The monoisotopic (exact) mass is 242 g/mol. The van der Waals surface area contributed by atoms with E-state index in [9.17, 15) is 0 Å². The number of hydrogen-bond donors (Lipinski definition) is 1. The molecule has 96 valence electrons. The molecule has 0 amide bonds. The Kier molecular flexibility index (Phi) is 4.34. The number of nitrogens with two attached hydrogens (primary N) is 1. The SMILES string of the molecule is C=CCN(CC=C)C1c2ccccc2CCC1N. The second kappa shape index (κ2) is 5.98. The fraction of sp³-hybridized carbons (Fsp3) is 0.375. The van der Waals surface area contributed by atoms with Crippen LogP contribution >= 0.6 is 0 Å². The van der Waals surface area contributed by atoms with Crippen molar-refractivity contribution in [2.24, 2.45) is 5.73 Å². The maximum atomic E-state index is 6.35. The van der Waals surface area contributed by atoms with E-state index in [-0.39, 0.29) is 12.1 Å². The first-order chi connectivity index (χ1) is 8.77. The maximum absolute atomic E-state index is 6.35. The van der Waals surface area contributed by atoms with Crippen molar-refractivity contribution in [3.8, 4) is 0 Å². The molecule has 0 saturated heterocycles. The minimum Gasteiger partial charge on any atom is -0.326 e. The summed E-state index contributed by atoms with van der Waals surface area (Å²) in [5.74, 6) is 0. The van der Waals surface area contributed by atoms with Gasteiger partial charge in [-0.25, -0.2) is 0 Å². The normalized spacial score (nSPS) is 22.6. The molecular weight excluding hydrogens is 220 g/mol. The Hall–Kier alpha value is -1.38. The van der Waals surface area contributed by atoms with Crippen molar-refractivity contribution >= 4 is 0 Å². The van der Waals surface area contributed by atoms with Crippen LogP contribution in [0.5, 0.6) is 0 Å². The van der Waals surface area contributed by atoms with Crippen molar-refractivity contribution in [3.05, 3.63) is 60.7 Å². The first-order valence-corrected chi connectivity index (χ1v) is 6.57. The lowest BCUT2D eigenvalue weighted by Crippen LogP contribution is -2.44. The zero-order valence-electron chi connectivity index (χ0n) is 10.9. The number of fused-ring (bicyclic) bond motifs is 1. The van der Waals surface area contributed by atoms with E-state index in [2.05, 4.69) is 42.3 Å². The average molecular weight is 242 g/mol. The average Bonchev–Trinajstić information content (AvgIpc) is 2.38.